The lowest BCUT2D eigenvalue weighted by atomic mass is 10.2. The number of aliphatic imine (C=N–C) groups is 1. The Morgan fingerprint density at radius 3 is 2.90 bits per heavy atom. The number of carbonyl (C=O) groups excluding carboxylic acids is 1. The van der Waals surface area contributed by atoms with E-state index in [1.165, 1.54) is 6.26 Å². The van der Waals surface area contributed by atoms with Gasteiger partial charge in [0.25, 0.3) is 5.91 Å². The van der Waals surface area contributed by atoms with Gasteiger partial charge < -0.3 is 25.1 Å². The van der Waals surface area contributed by atoms with Crippen molar-refractivity contribution in [2.45, 2.75) is 13.3 Å². The first-order valence-corrected chi connectivity index (χ1v) is 7.13. The van der Waals surface area contributed by atoms with Gasteiger partial charge in [-0.1, -0.05) is 0 Å². The third-order valence-corrected chi connectivity index (χ3v) is 3.30. The Morgan fingerprint density at radius 2 is 2.24 bits per heavy atom. The summed E-state index contributed by atoms with van der Waals surface area (Å²) in [4.78, 5) is 18.1. The quantitative estimate of drug-likeness (QED) is 0.464. The van der Waals surface area contributed by atoms with Gasteiger partial charge in [0, 0.05) is 31.7 Å². The van der Waals surface area contributed by atoms with E-state index in [4.69, 9.17) is 14.9 Å². The molecular weight excluding hydrogens is 272 g/mol. The number of rotatable bonds is 5. The van der Waals surface area contributed by atoms with Crippen LogP contribution in [0.5, 0.6) is 0 Å². The zero-order chi connectivity index (χ0) is 15.1. The summed E-state index contributed by atoms with van der Waals surface area (Å²) >= 11 is 0. The van der Waals surface area contributed by atoms with Gasteiger partial charge in [0.2, 0.25) is 0 Å². The monoisotopic (exact) mass is 294 g/mol. The number of furan rings is 1. The molecule has 0 saturated carbocycles. The summed E-state index contributed by atoms with van der Waals surface area (Å²) in [6, 6.07) is 1.77. The minimum atomic E-state index is -0.192. The fraction of sp³-hybridized carbons (Fsp3) is 0.571. The summed E-state index contributed by atoms with van der Waals surface area (Å²) in [6.07, 6.45) is 2.24. The molecule has 0 spiro atoms. The molecule has 0 atom stereocenters. The van der Waals surface area contributed by atoms with Crippen molar-refractivity contribution in [3.63, 3.8) is 0 Å². The Labute approximate surface area is 124 Å². The number of hydrogen-bond acceptors (Lipinski definition) is 4. The van der Waals surface area contributed by atoms with Crippen LogP contribution in [0.4, 0.5) is 0 Å². The number of ether oxygens (including phenoxy) is 1. The molecule has 116 valence electrons. The number of guanidine groups is 1. The molecule has 0 radical (unpaired) electrons. The van der Waals surface area contributed by atoms with E-state index in [9.17, 15) is 4.79 Å². The highest BCUT2D eigenvalue weighted by molar-refractivity contribution is 5.92. The van der Waals surface area contributed by atoms with Gasteiger partial charge in [0.1, 0.15) is 0 Å². The number of nitrogens with zero attached hydrogens (tertiary/aromatic N) is 2. The summed E-state index contributed by atoms with van der Waals surface area (Å²) in [5, 5.41) is 2.80. The Bertz CT molecular complexity index is 492. The molecule has 7 heteroatoms. The molecule has 1 aromatic heterocycles. The van der Waals surface area contributed by atoms with Gasteiger partial charge in [-0.2, -0.15) is 0 Å². The van der Waals surface area contributed by atoms with E-state index >= 15 is 0 Å². The molecule has 0 bridgehead atoms. The number of aryl methyl sites for hydroxylation is 1. The van der Waals surface area contributed by atoms with Crippen LogP contribution in [-0.4, -0.2) is 56.2 Å². The van der Waals surface area contributed by atoms with Crippen LogP contribution in [0.3, 0.4) is 0 Å². The van der Waals surface area contributed by atoms with Crippen molar-refractivity contribution < 1.29 is 13.9 Å². The number of carbonyl (C=O) groups is 1. The average Bonchev–Trinajstić information content (AvgIpc) is 2.93. The Morgan fingerprint density at radius 1 is 1.48 bits per heavy atom. The number of nitrogens with two attached hydrogens (primary N) is 1. The summed E-state index contributed by atoms with van der Waals surface area (Å²) in [5.74, 6) is 0.723. The van der Waals surface area contributed by atoms with Crippen LogP contribution in [0.25, 0.3) is 0 Å². The Balaban J connectivity index is 1.65. The number of amides is 1. The highest BCUT2D eigenvalue weighted by Crippen LogP contribution is 2.07. The van der Waals surface area contributed by atoms with Crippen LogP contribution in [-0.2, 0) is 4.74 Å². The van der Waals surface area contributed by atoms with E-state index in [-0.39, 0.29) is 5.91 Å². The van der Waals surface area contributed by atoms with Crippen molar-refractivity contribution in [3.05, 3.63) is 23.7 Å². The molecule has 1 aliphatic rings. The van der Waals surface area contributed by atoms with E-state index in [0.717, 1.165) is 25.1 Å². The normalized spacial score (nSPS) is 16.0. The molecule has 1 fully saturated rings. The van der Waals surface area contributed by atoms with E-state index < -0.39 is 0 Å². The van der Waals surface area contributed by atoms with Gasteiger partial charge in [0.15, 0.2) is 11.7 Å². The van der Waals surface area contributed by atoms with Crippen molar-refractivity contribution in [2.24, 2.45) is 10.7 Å². The lowest BCUT2D eigenvalue weighted by Gasteiger charge is -2.27. The Kier molecular flexibility index (Phi) is 5.62. The van der Waals surface area contributed by atoms with Crippen molar-refractivity contribution in [1.82, 2.24) is 10.2 Å². The zero-order valence-corrected chi connectivity index (χ0v) is 12.3. The van der Waals surface area contributed by atoms with Crippen molar-refractivity contribution >= 4 is 11.9 Å². The van der Waals surface area contributed by atoms with Gasteiger partial charge >= 0.3 is 0 Å². The second kappa shape index (κ2) is 7.68. The van der Waals surface area contributed by atoms with Crippen LogP contribution in [0.15, 0.2) is 21.7 Å². The first kappa shape index (κ1) is 15.4. The second-order valence-electron chi connectivity index (χ2n) is 4.88. The van der Waals surface area contributed by atoms with E-state index in [0.29, 0.717) is 38.0 Å². The van der Waals surface area contributed by atoms with E-state index in [2.05, 4.69) is 10.3 Å². The van der Waals surface area contributed by atoms with Gasteiger partial charge in [-0.15, -0.1) is 0 Å². The molecular formula is C14H22N4O3. The lowest BCUT2D eigenvalue weighted by molar-refractivity contribution is 0.0674. The molecule has 1 aliphatic heterocycles. The predicted octanol–water partition coefficient (Wildman–Crippen LogP) is 0.355. The molecule has 1 amide bonds. The lowest BCUT2D eigenvalue weighted by Crippen LogP contribution is -2.44. The standard InChI is InChI=1S/C14H22N4O3/c1-11-3-8-21-12(11)13(19)16-4-2-5-17-14(15)18-6-9-20-10-7-18/h3,8H,2,4-7,9-10H2,1H3,(H2,15,17)(H,16,19). The molecule has 3 N–H and O–H groups in total. The third-order valence-electron chi connectivity index (χ3n) is 3.30. The second-order valence-corrected chi connectivity index (χ2v) is 4.88. The average molecular weight is 294 g/mol. The maximum absolute atomic E-state index is 11.8. The molecule has 2 heterocycles. The molecule has 1 saturated heterocycles. The molecule has 0 unspecified atom stereocenters. The minimum absolute atomic E-state index is 0.192. The van der Waals surface area contributed by atoms with Gasteiger partial charge in [-0.05, 0) is 19.4 Å². The third kappa shape index (κ3) is 4.49. The highest BCUT2D eigenvalue weighted by atomic mass is 16.5. The molecule has 7 nitrogen and oxygen atoms in total. The maximum atomic E-state index is 11.8. The van der Waals surface area contributed by atoms with Crippen molar-refractivity contribution in [3.8, 4) is 0 Å². The van der Waals surface area contributed by atoms with Crippen molar-refractivity contribution in [2.75, 3.05) is 39.4 Å². The Hall–Kier alpha value is -2.02. The van der Waals surface area contributed by atoms with Gasteiger partial charge in [-0.3, -0.25) is 9.79 Å². The first-order chi connectivity index (χ1) is 10.2. The summed E-state index contributed by atoms with van der Waals surface area (Å²) in [6.45, 7) is 5.91. The van der Waals surface area contributed by atoms with Gasteiger partial charge in [-0.25, -0.2) is 0 Å². The largest absolute Gasteiger partial charge is 0.459 e. The zero-order valence-electron chi connectivity index (χ0n) is 12.3. The van der Waals surface area contributed by atoms with Gasteiger partial charge in [0.05, 0.1) is 19.5 Å². The van der Waals surface area contributed by atoms with Crippen LogP contribution in [0, 0.1) is 6.92 Å². The molecule has 21 heavy (non-hydrogen) atoms. The van der Waals surface area contributed by atoms with Crippen LogP contribution < -0.4 is 11.1 Å². The van der Waals surface area contributed by atoms with E-state index in [1.54, 1.807) is 6.07 Å². The van der Waals surface area contributed by atoms with Crippen LogP contribution in [0.2, 0.25) is 0 Å². The molecule has 2 rings (SSSR count). The number of nitrogens with one attached hydrogen (secondary N) is 1. The minimum Gasteiger partial charge on any atom is -0.459 e. The fourth-order valence-electron chi connectivity index (χ4n) is 2.05. The summed E-state index contributed by atoms with van der Waals surface area (Å²) in [5.41, 5.74) is 6.74. The fourth-order valence-corrected chi connectivity index (χ4v) is 2.05. The molecule has 1 aromatic rings. The number of morpholine rings is 1. The summed E-state index contributed by atoms with van der Waals surface area (Å²) < 4.78 is 10.4. The molecule has 0 aliphatic carbocycles. The topological polar surface area (TPSA) is 93.1 Å². The smallest absolute Gasteiger partial charge is 0.287 e. The first-order valence-electron chi connectivity index (χ1n) is 7.13. The van der Waals surface area contributed by atoms with Crippen molar-refractivity contribution in [1.29, 1.82) is 0 Å². The number of hydrogen-bond donors (Lipinski definition) is 2. The van der Waals surface area contributed by atoms with Crippen LogP contribution in [0.1, 0.15) is 22.5 Å². The highest BCUT2D eigenvalue weighted by Gasteiger charge is 2.12. The maximum Gasteiger partial charge on any atom is 0.287 e. The predicted molar refractivity (Wildman–Crippen MR) is 79.3 cm³/mol. The molecule has 0 aromatic carbocycles. The van der Waals surface area contributed by atoms with Crippen LogP contribution >= 0.6 is 0 Å². The summed E-state index contributed by atoms with van der Waals surface area (Å²) in [7, 11) is 0. The SMILES string of the molecule is Cc1ccoc1C(=O)NCCCN=C(N)N1CCOCC1. The van der Waals surface area contributed by atoms with E-state index in [1.807, 2.05) is 11.8 Å².